The van der Waals surface area contributed by atoms with Gasteiger partial charge >= 0.3 is 0 Å². The number of amides is 5. The number of carbonyl (C=O) groups excluding carboxylic acids is 5. The number of benzene rings is 5. The maximum Gasteiger partial charge on any atom is 0.277 e. The average Bonchev–Trinajstić information content (AvgIpc) is 1.61. The number of aromatic nitrogens is 15. The largest absolute Gasteiger partial charge is 0.340 e. The molecular formula is C88H73F10N25O5S. The second-order valence-corrected chi connectivity index (χ2v) is 28.2. The molecule has 10 heterocycles. The van der Waals surface area contributed by atoms with Gasteiger partial charge in [0, 0.05) is 117 Å². The molecule has 0 aliphatic rings. The minimum absolute atomic E-state index is 0.0571. The SMILES string of the molecule is CN(c1cncnc1)c1cc(NC(=O)c2cc(C(C)(F)F)ccn2)ccc1F.CN(c1cncnc1)c1cc(NC(=O)c2cscn2)cc(F)c1F.Cc1ccc(C(=O)Nc2ccc(F)c(N(C)c3cncnc3)c2)nc1.Cc1ccc(F)c(C(=O)Nc2ccc(F)c(N(C)c3cncnc3)c2)n1.Cc1cccc(C(=O)Nc2cc(F)c(F)c(N(C)c3cncnc3)c2)n1. The lowest BCUT2D eigenvalue weighted by Gasteiger charge is -2.20. The van der Waals surface area contributed by atoms with Gasteiger partial charge in [-0.25, -0.2) is 109 Å². The number of pyridine rings is 4. The molecule has 15 aromatic rings. The van der Waals surface area contributed by atoms with E-state index in [1.807, 2.05) is 6.92 Å². The van der Waals surface area contributed by atoms with Crippen LogP contribution in [0.3, 0.4) is 0 Å². The molecule has 5 aromatic carbocycles. The Morgan fingerprint density at radius 1 is 0.333 bits per heavy atom. The molecule has 0 spiro atoms. The molecule has 30 nitrogen and oxygen atoms in total. The number of alkyl halides is 2. The van der Waals surface area contributed by atoms with Crippen molar-refractivity contribution in [2.45, 2.75) is 33.6 Å². The second kappa shape index (κ2) is 43.1. The van der Waals surface area contributed by atoms with E-state index in [4.69, 9.17) is 0 Å². The molecule has 10 aromatic heterocycles. The van der Waals surface area contributed by atoms with Crippen LogP contribution in [0.4, 0.5) is 129 Å². The predicted octanol–water partition coefficient (Wildman–Crippen LogP) is 17.7. The summed E-state index contributed by atoms with van der Waals surface area (Å²) in [5, 5.41) is 14.4. The summed E-state index contributed by atoms with van der Waals surface area (Å²) in [5.74, 6) is -12.3. The van der Waals surface area contributed by atoms with Crippen molar-refractivity contribution in [3.8, 4) is 0 Å². The van der Waals surface area contributed by atoms with Gasteiger partial charge in [0.15, 0.2) is 34.8 Å². The molecule has 0 saturated carbocycles. The fourth-order valence-corrected chi connectivity index (χ4v) is 12.0. The zero-order valence-corrected chi connectivity index (χ0v) is 70.2. The first-order valence-corrected chi connectivity index (χ1v) is 38.8. The maximum atomic E-state index is 14.3. The van der Waals surface area contributed by atoms with Gasteiger partial charge in [0.05, 0.1) is 124 Å². The monoisotopic (exact) mass is 1780 g/mol. The Kier molecular flexibility index (Phi) is 31.1. The topological polar surface area (TPSA) is 355 Å². The summed E-state index contributed by atoms with van der Waals surface area (Å²) in [6, 6.07) is 30.1. The zero-order chi connectivity index (χ0) is 92.6. The highest BCUT2D eigenvalue weighted by molar-refractivity contribution is 7.07. The molecule has 656 valence electrons. The number of halogens is 10. The van der Waals surface area contributed by atoms with Crippen molar-refractivity contribution in [3.63, 3.8) is 0 Å². The standard InChI is InChI=1S/C19H16F3N5O.2C18H15F2N5O.C18H16FN5O.C15H11F2N5OS/c1-19(21,22)12-5-6-25-16(7-12)18(28)26-13-3-4-15(20)17(8-13)27(2)14-9-23-11-24-10-14;1-11-3-5-15(20)17(23-11)18(26)24-12-4-6-14(19)16(7-12)25(2)13-8-21-10-22-9-13;1-11-4-3-5-15(23-11)18(26)24-12-6-14(19)17(20)16(7-12)25(2)13-8-21-10-22-9-13;1-12-3-6-16(22-8-12)18(25)23-13-4-5-15(19)17(7-13)24(2)14-9-20-11-21-10-14;1-22(10-4-18-7-19-5-10)13-3-9(2-11(16)14(13)17)21-15(23)12-6-24-8-20-12/h3-11H,1-2H3,(H,26,28);2*3-10H,1-2H3,(H,24,26);3-11H,1-2H3,(H,23,25);2-8H,1H3,(H,21,23). The predicted molar refractivity (Wildman–Crippen MR) is 465 cm³/mol. The summed E-state index contributed by atoms with van der Waals surface area (Å²) < 4.78 is 140. The average molecular weight is 1780 g/mol. The van der Waals surface area contributed by atoms with Crippen LogP contribution < -0.4 is 51.1 Å². The Hall–Kier alpha value is -16.6. The lowest BCUT2D eigenvalue weighted by atomic mass is 10.1. The van der Waals surface area contributed by atoms with Crippen LogP contribution in [0.1, 0.15) is 81.9 Å². The number of hydrogen-bond acceptors (Lipinski definition) is 26. The third-order valence-electron chi connectivity index (χ3n) is 18.3. The maximum absolute atomic E-state index is 14.3. The summed E-state index contributed by atoms with van der Waals surface area (Å²) >= 11 is 1.26. The fraction of sp³-hybridized carbons (Fsp3) is 0.114. The molecule has 0 aliphatic heterocycles. The summed E-state index contributed by atoms with van der Waals surface area (Å²) in [5.41, 5.74) is 8.04. The van der Waals surface area contributed by atoms with Crippen molar-refractivity contribution in [1.82, 2.24) is 74.8 Å². The van der Waals surface area contributed by atoms with Crippen molar-refractivity contribution in [1.29, 1.82) is 0 Å². The molecule has 0 saturated heterocycles. The molecule has 0 atom stereocenters. The van der Waals surface area contributed by atoms with Crippen LogP contribution in [0.2, 0.25) is 0 Å². The Balaban J connectivity index is 0.000000156. The number of anilines is 15. The number of hydrogen-bond donors (Lipinski definition) is 5. The zero-order valence-electron chi connectivity index (χ0n) is 69.3. The van der Waals surface area contributed by atoms with E-state index in [2.05, 4.69) is 101 Å². The van der Waals surface area contributed by atoms with Crippen LogP contribution in [-0.2, 0) is 5.92 Å². The van der Waals surface area contributed by atoms with E-state index in [0.29, 0.717) is 62.6 Å². The summed E-state index contributed by atoms with van der Waals surface area (Å²) in [4.78, 5) is 127. The number of nitrogens with one attached hydrogen (secondary N) is 5. The number of rotatable bonds is 21. The molecule has 5 amide bonds. The van der Waals surface area contributed by atoms with Gasteiger partial charge in [-0.15, -0.1) is 11.3 Å². The Labute approximate surface area is 733 Å². The van der Waals surface area contributed by atoms with E-state index in [0.717, 1.165) is 42.9 Å². The van der Waals surface area contributed by atoms with Crippen molar-refractivity contribution in [3.05, 3.63) is 348 Å². The Morgan fingerprint density at radius 2 is 0.698 bits per heavy atom. The number of nitrogens with zero attached hydrogens (tertiary/aromatic N) is 20. The first-order valence-electron chi connectivity index (χ1n) is 37.9. The van der Waals surface area contributed by atoms with E-state index < -0.39 is 76.1 Å². The normalized spacial score (nSPS) is 10.6. The lowest BCUT2D eigenvalue weighted by molar-refractivity contribution is 0.0173. The van der Waals surface area contributed by atoms with E-state index >= 15 is 0 Å². The Morgan fingerprint density at radius 3 is 1.09 bits per heavy atom. The van der Waals surface area contributed by atoms with Gasteiger partial charge in [-0.3, -0.25) is 33.9 Å². The molecule has 0 unspecified atom stereocenters. The van der Waals surface area contributed by atoms with Crippen LogP contribution in [0.15, 0.2) is 250 Å². The highest BCUT2D eigenvalue weighted by Gasteiger charge is 2.27. The van der Waals surface area contributed by atoms with Gasteiger partial charge in [0.1, 0.15) is 71.9 Å². The summed E-state index contributed by atoms with van der Waals surface area (Å²) in [7, 11) is 8.05. The van der Waals surface area contributed by atoms with Gasteiger partial charge in [-0.2, -0.15) is 0 Å². The number of thiazole rings is 1. The van der Waals surface area contributed by atoms with E-state index in [-0.39, 0.29) is 74.1 Å². The lowest BCUT2D eigenvalue weighted by Crippen LogP contribution is -2.17. The van der Waals surface area contributed by atoms with Gasteiger partial charge in [-0.1, -0.05) is 12.1 Å². The summed E-state index contributed by atoms with van der Waals surface area (Å²) in [6.07, 6.45) is 24.6. The van der Waals surface area contributed by atoms with Crippen LogP contribution in [0.5, 0.6) is 0 Å². The third-order valence-corrected chi connectivity index (χ3v) is 18.8. The van der Waals surface area contributed by atoms with Gasteiger partial charge in [0.25, 0.3) is 35.5 Å². The second-order valence-electron chi connectivity index (χ2n) is 27.5. The molecule has 5 N–H and O–H groups in total. The van der Waals surface area contributed by atoms with Crippen molar-refractivity contribution < 1.29 is 67.9 Å². The third kappa shape index (κ3) is 25.1. The van der Waals surface area contributed by atoms with Crippen molar-refractivity contribution in [2.24, 2.45) is 0 Å². The van der Waals surface area contributed by atoms with Crippen LogP contribution in [0, 0.1) is 67.3 Å². The minimum atomic E-state index is -3.10. The van der Waals surface area contributed by atoms with Crippen LogP contribution >= 0.6 is 11.3 Å². The highest BCUT2D eigenvalue weighted by Crippen LogP contribution is 2.36. The molecule has 0 radical (unpaired) electrons. The quantitative estimate of drug-likeness (QED) is 0.0417. The van der Waals surface area contributed by atoms with Gasteiger partial charge < -0.3 is 51.1 Å². The number of carbonyl (C=O) groups is 5. The molecule has 41 heteroatoms. The first kappa shape index (κ1) is 93.1. The molecule has 0 fully saturated rings. The van der Waals surface area contributed by atoms with E-state index in [1.165, 1.54) is 197 Å². The van der Waals surface area contributed by atoms with Crippen molar-refractivity contribution in [2.75, 3.05) is 86.3 Å². The van der Waals surface area contributed by atoms with Crippen LogP contribution in [0.25, 0.3) is 0 Å². The summed E-state index contributed by atoms with van der Waals surface area (Å²) in [6.45, 7) is 6.04. The molecule has 0 aliphatic carbocycles. The van der Waals surface area contributed by atoms with Gasteiger partial charge in [-0.05, 0) is 136 Å². The Bertz CT molecular complexity index is 6430. The van der Waals surface area contributed by atoms with E-state index in [9.17, 15) is 67.9 Å². The van der Waals surface area contributed by atoms with Gasteiger partial charge in [0.2, 0.25) is 0 Å². The molecule has 15 rings (SSSR count). The molecule has 129 heavy (non-hydrogen) atoms. The van der Waals surface area contributed by atoms with E-state index in [1.54, 1.807) is 108 Å². The van der Waals surface area contributed by atoms with Crippen LogP contribution in [-0.4, -0.2) is 140 Å². The molecule has 0 bridgehead atoms. The first-order chi connectivity index (χ1) is 61.8. The molecular weight excluding hydrogens is 1710 g/mol. The van der Waals surface area contributed by atoms with Crippen molar-refractivity contribution >= 4 is 126 Å². The smallest absolute Gasteiger partial charge is 0.277 e. The minimum Gasteiger partial charge on any atom is -0.340 e. The highest BCUT2D eigenvalue weighted by atomic mass is 32.1. The fourth-order valence-electron chi connectivity index (χ4n) is 11.4. The number of aryl methyl sites for hydroxylation is 3.